The summed E-state index contributed by atoms with van der Waals surface area (Å²) < 4.78 is 4.94. The molecule has 0 unspecified atom stereocenters. The number of nitrogens with zero attached hydrogens (tertiary/aromatic N) is 1. The molecule has 0 bridgehead atoms. The molecule has 0 radical (unpaired) electrons. The Morgan fingerprint density at radius 3 is 2.58 bits per heavy atom. The Balaban J connectivity index is 2.14. The van der Waals surface area contributed by atoms with Gasteiger partial charge in [0.25, 0.3) is 5.91 Å². The Bertz CT molecular complexity index is 886. The summed E-state index contributed by atoms with van der Waals surface area (Å²) in [6.07, 6.45) is 0.153. The highest BCUT2D eigenvalue weighted by atomic mass is 16.5. The van der Waals surface area contributed by atoms with Gasteiger partial charge >= 0.3 is 5.97 Å². The van der Waals surface area contributed by atoms with Crippen LogP contribution in [0, 0.1) is 11.3 Å². The molecule has 2 aromatic rings. The summed E-state index contributed by atoms with van der Waals surface area (Å²) in [4.78, 5) is 35.1. The molecular weight excluding hydrogens is 334 g/mol. The number of benzene rings is 2. The number of hydrogen-bond donors (Lipinski definition) is 2. The van der Waals surface area contributed by atoms with E-state index in [9.17, 15) is 14.4 Å². The molecule has 0 aromatic heterocycles. The predicted octanol–water partition coefficient (Wildman–Crippen LogP) is 1.31. The van der Waals surface area contributed by atoms with E-state index in [1.54, 1.807) is 30.3 Å². The molecule has 2 amide bonds. The first kappa shape index (κ1) is 18.7. The fourth-order valence-electron chi connectivity index (χ4n) is 2.33. The van der Waals surface area contributed by atoms with Crippen LogP contribution in [-0.2, 0) is 16.0 Å². The van der Waals surface area contributed by atoms with Gasteiger partial charge in [-0.05, 0) is 35.9 Å². The van der Waals surface area contributed by atoms with Crippen LogP contribution in [-0.4, -0.2) is 23.8 Å². The number of nitrogens with two attached hydrogens (primary N) is 1. The Kier molecular flexibility index (Phi) is 6.06. The van der Waals surface area contributed by atoms with Gasteiger partial charge in [0.2, 0.25) is 5.91 Å². The first-order valence-corrected chi connectivity index (χ1v) is 7.76. The van der Waals surface area contributed by atoms with Crippen molar-refractivity contribution in [3.8, 4) is 11.8 Å². The molecular formula is C19H17N3O4. The Hall–Kier alpha value is -3.66. The van der Waals surface area contributed by atoms with Crippen molar-refractivity contribution in [3.63, 3.8) is 0 Å². The molecule has 0 heterocycles. The molecule has 7 nitrogen and oxygen atoms in total. The first-order valence-electron chi connectivity index (χ1n) is 7.76. The second kappa shape index (κ2) is 8.44. The van der Waals surface area contributed by atoms with Gasteiger partial charge in [0, 0.05) is 18.9 Å². The summed E-state index contributed by atoms with van der Waals surface area (Å²) in [7, 11) is 0. The minimum absolute atomic E-state index is 0.153. The van der Waals surface area contributed by atoms with Crippen LogP contribution in [0.15, 0.2) is 48.5 Å². The van der Waals surface area contributed by atoms with Gasteiger partial charge in [-0.3, -0.25) is 14.4 Å². The van der Waals surface area contributed by atoms with E-state index in [2.05, 4.69) is 5.32 Å². The lowest BCUT2D eigenvalue weighted by Gasteiger charge is -2.16. The van der Waals surface area contributed by atoms with Gasteiger partial charge in [0.15, 0.2) is 0 Å². The lowest BCUT2D eigenvalue weighted by Crippen LogP contribution is -2.45. The molecule has 0 fully saturated rings. The number of rotatable bonds is 6. The van der Waals surface area contributed by atoms with Crippen LogP contribution >= 0.6 is 0 Å². The molecule has 0 saturated heterocycles. The average Bonchev–Trinajstić information content (AvgIpc) is 2.60. The van der Waals surface area contributed by atoms with Gasteiger partial charge in [-0.2, -0.15) is 5.26 Å². The van der Waals surface area contributed by atoms with Crippen molar-refractivity contribution in [1.29, 1.82) is 5.26 Å². The standard InChI is InChI=1S/C19H17N3O4/c1-12(23)26-16-7-3-6-15(10-16)19(25)22-17(18(21)24)9-13-4-2-5-14(8-13)11-20/h2-8,10,17H,9H2,1H3,(H2,21,24)(H,22,25)/t17-/m0/s1. The minimum Gasteiger partial charge on any atom is -0.427 e. The maximum Gasteiger partial charge on any atom is 0.308 e. The van der Waals surface area contributed by atoms with Gasteiger partial charge in [-0.1, -0.05) is 18.2 Å². The molecule has 3 N–H and O–H groups in total. The fourth-order valence-corrected chi connectivity index (χ4v) is 2.33. The van der Waals surface area contributed by atoms with Crippen molar-refractivity contribution in [2.75, 3.05) is 0 Å². The van der Waals surface area contributed by atoms with Crippen LogP contribution in [0.2, 0.25) is 0 Å². The number of esters is 1. The summed E-state index contributed by atoms with van der Waals surface area (Å²) in [6, 6.07) is 13.8. The summed E-state index contributed by atoms with van der Waals surface area (Å²) in [5, 5.41) is 11.5. The van der Waals surface area contributed by atoms with Crippen molar-refractivity contribution in [3.05, 3.63) is 65.2 Å². The summed E-state index contributed by atoms with van der Waals surface area (Å²) in [5.74, 6) is -1.51. The van der Waals surface area contributed by atoms with Crippen molar-refractivity contribution < 1.29 is 19.1 Å². The highest BCUT2D eigenvalue weighted by Crippen LogP contribution is 2.14. The second-order valence-electron chi connectivity index (χ2n) is 5.57. The molecule has 1 atom stereocenters. The molecule has 0 saturated carbocycles. The van der Waals surface area contributed by atoms with E-state index in [-0.39, 0.29) is 17.7 Å². The highest BCUT2D eigenvalue weighted by Gasteiger charge is 2.20. The van der Waals surface area contributed by atoms with Crippen LogP contribution in [0.5, 0.6) is 5.75 Å². The zero-order chi connectivity index (χ0) is 19.1. The summed E-state index contributed by atoms with van der Waals surface area (Å²) >= 11 is 0. The quantitative estimate of drug-likeness (QED) is 0.600. The van der Waals surface area contributed by atoms with Gasteiger partial charge in [-0.25, -0.2) is 0 Å². The number of carbonyl (C=O) groups excluding carboxylic acids is 3. The van der Waals surface area contributed by atoms with Crippen LogP contribution in [0.4, 0.5) is 0 Å². The van der Waals surface area contributed by atoms with Crippen LogP contribution in [0.3, 0.4) is 0 Å². The van der Waals surface area contributed by atoms with E-state index in [1.165, 1.54) is 25.1 Å². The Morgan fingerprint density at radius 1 is 1.19 bits per heavy atom. The molecule has 2 aromatic carbocycles. The number of primary amides is 1. The summed E-state index contributed by atoms with van der Waals surface area (Å²) in [5.41, 5.74) is 6.76. The predicted molar refractivity (Wildman–Crippen MR) is 93.1 cm³/mol. The van der Waals surface area contributed by atoms with Crippen LogP contribution in [0.1, 0.15) is 28.4 Å². The number of hydrogen-bond acceptors (Lipinski definition) is 5. The smallest absolute Gasteiger partial charge is 0.308 e. The van der Waals surface area contributed by atoms with Gasteiger partial charge in [0.05, 0.1) is 11.6 Å². The van der Waals surface area contributed by atoms with E-state index in [4.69, 9.17) is 15.7 Å². The van der Waals surface area contributed by atoms with Gasteiger partial charge in [-0.15, -0.1) is 0 Å². The van der Waals surface area contributed by atoms with Crippen molar-refractivity contribution in [2.45, 2.75) is 19.4 Å². The van der Waals surface area contributed by atoms with Gasteiger partial charge < -0.3 is 15.8 Å². The van der Waals surface area contributed by atoms with Crippen molar-refractivity contribution >= 4 is 17.8 Å². The molecule has 0 aliphatic rings. The van der Waals surface area contributed by atoms with E-state index in [0.717, 1.165) is 0 Å². The number of carbonyl (C=O) groups is 3. The number of nitrogens with one attached hydrogen (secondary N) is 1. The highest BCUT2D eigenvalue weighted by molar-refractivity contribution is 5.97. The maximum atomic E-state index is 12.4. The molecule has 7 heteroatoms. The van der Waals surface area contributed by atoms with Gasteiger partial charge in [0.1, 0.15) is 11.8 Å². The Labute approximate surface area is 150 Å². The van der Waals surface area contributed by atoms with Crippen LogP contribution in [0.25, 0.3) is 0 Å². The van der Waals surface area contributed by atoms with Crippen molar-refractivity contribution in [1.82, 2.24) is 5.32 Å². The molecule has 26 heavy (non-hydrogen) atoms. The third kappa shape index (κ3) is 5.18. The Morgan fingerprint density at radius 2 is 1.92 bits per heavy atom. The van der Waals surface area contributed by atoms with E-state index >= 15 is 0 Å². The van der Waals surface area contributed by atoms with E-state index < -0.39 is 23.8 Å². The monoisotopic (exact) mass is 351 g/mol. The largest absolute Gasteiger partial charge is 0.427 e. The zero-order valence-corrected chi connectivity index (χ0v) is 14.1. The molecule has 0 aliphatic heterocycles. The topological polar surface area (TPSA) is 122 Å². The average molecular weight is 351 g/mol. The lowest BCUT2D eigenvalue weighted by molar-refractivity contribution is -0.131. The normalized spacial score (nSPS) is 11.1. The molecule has 132 valence electrons. The van der Waals surface area contributed by atoms with E-state index in [1.807, 2.05) is 6.07 Å². The number of ether oxygens (including phenoxy) is 1. The molecule has 0 aliphatic carbocycles. The molecule has 2 rings (SSSR count). The maximum absolute atomic E-state index is 12.4. The number of nitriles is 1. The SMILES string of the molecule is CC(=O)Oc1cccc(C(=O)N[C@@H](Cc2cccc(C#N)c2)C(N)=O)c1. The fraction of sp³-hybridized carbons (Fsp3) is 0.158. The zero-order valence-electron chi connectivity index (χ0n) is 14.1. The second-order valence-corrected chi connectivity index (χ2v) is 5.57. The van der Waals surface area contributed by atoms with E-state index in [0.29, 0.717) is 11.1 Å². The summed E-state index contributed by atoms with van der Waals surface area (Å²) in [6.45, 7) is 1.26. The minimum atomic E-state index is -0.950. The molecule has 0 spiro atoms. The third-order valence-corrected chi connectivity index (χ3v) is 3.50. The van der Waals surface area contributed by atoms with Crippen molar-refractivity contribution in [2.24, 2.45) is 5.73 Å². The number of amides is 2. The lowest BCUT2D eigenvalue weighted by atomic mass is 10.0. The first-order chi connectivity index (χ1) is 12.4. The third-order valence-electron chi connectivity index (χ3n) is 3.50. The van der Waals surface area contributed by atoms with Crippen LogP contribution < -0.4 is 15.8 Å².